The van der Waals surface area contributed by atoms with Crippen LogP contribution in [0.25, 0.3) is 6.08 Å². The van der Waals surface area contributed by atoms with Gasteiger partial charge in [0.25, 0.3) is 5.91 Å². The number of nitrogens with one attached hydrogen (secondary N) is 1. The molecule has 0 aliphatic heterocycles. The normalized spacial score (nSPS) is 10.8. The number of ether oxygens (including phenoxy) is 1. The molecule has 1 amide bonds. The topological polar surface area (TPSA) is 73.2 Å². The van der Waals surface area contributed by atoms with E-state index in [4.69, 9.17) is 4.74 Å². The van der Waals surface area contributed by atoms with Crippen LogP contribution in [0, 0.1) is 13.8 Å². The number of benzene rings is 2. The van der Waals surface area contributed by atoms with E-state index in [1.807, 2.05) is 68.6 Å². The fourth-order valence-electron chi connectivity index (χ4n) is 2.69. The molecule has 0 saturated heterocycles. The molecule has 1 heterocycles. The second-order valence-electron chi connectivity index (χ2n) is 6.75. The van der Waals surface area contributed by atoms with Gasteiger partial charge in [0, 0.05) is 23.5 Å². The molecular formula is C23H23N3O3. The Morgan fingerprint density at radius 2 is 1.90 bits per heavy atom. The highest BCUT2D eigenvalue weighted by atomic mass is 16.5. The van der Waals surface area contributed by atoms with Crippen molar-refractivity contribution in [1.29, 1.82) is 0 Å². The van der Waals surface area contributed by atoms with E-state index in [9.17, 15) is 9.59 Å². The Morgan fingerprint density at radius 3 is 2.66 bits per heavy atom. The predicted molar refractivity (Wildman–Crippen MR) is 112 cm³/mol. The molecule has 0 unspecified atom stereocenters. The molecule has 1 aromatic heterocycles. The molecule has 0 atom stereocenters. The molecule has 1 N–H and O–H groups in total. The molecule has 3 aromatic rings. The maximum absolute atomic E-state index is 11.9. The molecule has 148 valence electrons. The van der Waals surface area contributed by atoms with Crippen LogP contribution < -0.4 is 5.32 Å². The molecule has 0 bridgehead atoms. The first-order chi connectivity index (χ1) is 14.0. The minimum atomic E-state index is -0.587. The lowest BCUT2D eigenvalue weighted by Crippen LogP contribution is -2.20. The fraction of sp³-hybridized carbons (Fsp3) is 0.174. The Bertz CT molecular complexity index is 1020. The molecule has 6 nitrogen and oxygen atoms in total. The third-order valence-corrected chi connectivity index (χ3v) is 4.39. The Hall–Kier alpha value is -3.67. The van der Waals surface area contributed by atoms with Crippen LogP contribution in [-0.4, -0.2) is 28.3 Å². The van der Waals surface area contributed by atoms with Crippen molar-refractivity contribution in [2.75, 3.05) is 11.9 Å². The van der Waals surface area contributed by atoms with E-state index in [1.165, 1.54) is 6.08 Å². The zero-order chi connectivity index (χ0) is 20.6. The average molecular weight is 389 g/mol. The summed E-state index contributed by atoms with van der Waals surface area (Å²) in [7, 11) is 0. The first-order valence-corrected chi connectivity index (χ1v) is 9.28. The van der Waals surface area contributed by atoms with Crippen molar-refractivity contribution in [3.05, 3.63) is 89.3 Å². The molecule has 0 saturated carbocycles. The van der Waals surface area contributed by atoms with E-state index in [2.05, 4.69) is 10.4 Å². The monoisotopic (exact) mass is 389 g/mol. The SMILES string of the molecule is Cc1ccc(NC(=O)COC(=O)/C=C/c2cnn(Cc3ccccc3)c2)cc1C. The summed E-state index contributed by atoms with van der Waals surface area (Å²) in [5, 5.41) is 6.98. The van der Waals surface area contributed by atoms with Gasteiger partial charge >= 0.3 is 5.97 Å². The highest BCUT2D eigenvalue weighted by Gasteiger charge is 2.07. The van der Waals surface area contributed by atoms with Crippen LogP contribution in [-0.2, 0) is 20.9 Å². The summed E-state index contributed by atoms with van der Waals surface area (Å²) in [6.45, 7) is 4.28. The van der Waals surface area contributed by atoms with Crippen molar-refractivity contribution in [2.45, 2.75) is 20.4 Å². The zero-order valence-corrected chi connectivity index (χ0v) is 16.5. The number of anilines is 1. The summed E-state index contributed by atoms with van der Waals surface area (Å²) in [4.78, 5) is 23.8. The third kappa shape index (κ3) is 6.17. The number of rotatable bonds is 7. The third-order valence-electron chi connectivity index (χ3n) is 4.39. The van der Waals surface area contributed by atoms with Crippen LogP contribution in [0.2, 0.25) is 0 Å². The van der Waals surface area contributed by atoms with Crippen molar-refractivity contribution in [1.82, 2.24) is 9.78 Å². The van der Waals surface area contributed by atoms with Crippen LogP contribution in [0.1, 0.15) is 22.3 Å². The summed E-state index contributed by atoms with van der Waals surface area (Å²) in [6.07, 6.45) is 6.40. The van der Waals surface area contributed by atoms with E-state index in [0.717, 1.165) is 22.3 Å². The molecule has 0 fully saturated rings. The van der Waals surface area contributed by atoms with Crippen LogP contribution in [0.3, 0.4) is 0 Å². The molecule has 0 spiro atoms. The molecular weight excluding hydrogens is 366 g/mol. The van der Waals surface area contributed by atoms with E-state index >= 15 is 0 Å². The molecule has 0 aliphatic rings. The fourth-order valence-corrected chi connectivity index (χ4v) is 2.69. The predicted octanol–water partition coefficient (Wildman–Crippen LogP) is 3.74. The van der Waals surface area contributed by atoms with Gasteiger partial charge in [-0.25, -0.2) is 4.79 Å². The molecule has 2 aromatic carbocycles. The average Bonchev–Trinajstić information content (AvgIpc) is 3.16. The van der Waals surface area contributed by atoms with Gasteiger partial charge in [0.15, 0.2) is 6.61 Å². The van der Waals surface area contributed by atoms with Crippen LogP contribution >= 0.6 is 0 Å². The Morgan fingerprint density at radius 1 is 1.10 bits per heavy atom. The Labute approximate surface area is 169 Å². The van der Waals surface area contributed by atoms with Crippen molar-refractivity contribution >= 4 is 23.6 Å². The van der Waals surface area contributed by atoms with Gasteiger partial charge in [0.1, 0.15) is 0 Å². The van der Waals surface area contributed by atoms with Crippen molar-refractivity contribution in [3.63, 3.8) is 0 Å². The van der Waals surface area contributed by atoms with Gasteiger partial charge in [-0.3, -0.25) is 9.48 Å². The minimum Gasteiger partial charge on any atom is -0.452 e. The molecule has 6 heteroatoms. The van der Waals surface area contributed by atoms with Crippen LogP contribution in [0.5, 0.6) is 0 Å². The van der Waals surface area contributed by atoms with Gasteiger partial charge in [-0.1, -0.05) is 36.4 Å². The molecule has 0 radical (unpaired) electrons. The highest BCUT2D eigenvalue weighted by Crippen LogP contribution is 2.14. The van der Waals surface area contributed by atoms with Gasteiger partial charge in [-0.15, -0.1) is 0 Å². The largest absolute Gasteiger partial charge is 0.452 e. The summed E-state index contributed by atoms with van der Waals surface area (Å²) < 4.78 is 6.78. The van der Waals surface area contributed by atoms with Crippen LogP contribution in [0.15, 0.2) is 67.0 Å². The summed E-state index contributed by atoms with van der Waals surface area (Å²) in [5.74, 6) is -0.971. The number of carbonyl (C=O) groups excluding carboxylic acids is 2. The number of aromatic nitrogens is 2. The van der Waals surface area contributed by atoms with Crippen molar-refractivity contribution in [2.24, 2.45) is 0 Å². The second kappa shape index (κ2) is 9.50. The summed E-state index contributed by atoms with van der Waals surface area (Å²) >= 11 is 0. The summed E-state index contributed by atoms with van der Waals surface area (Å²) in [5.41, 5.74) is 4.82. The van der Waals surface area contributed by atoms with Crippen molar-refractivity contribution < 1.29 is 14.3 Å². The van der Waals surface area contributed by atoms with Crippen molar-refractivity contribution in [3.8, 4) is 0 Å². The lowest BCUT2D eigenvalue weighted by molar-refractivity contribution is -0.142. The van der Waals surface area contributed by atoms with Gasteiger partial charge in [0.2, 0.25) is 0 Å². The second-order valence-corrected chi connectivity index (χ2v) is 6.75. The van der Waals surface area contributed by atoms with E-state index < -0.39 is 5.97 Å². The lowest BCUT2D eigenvalue weighted by atomic mass is 10.1. The van der Waals surface area contributed by atoms with E-state index in [-0.39, 0.29) is 12.5 Å². The number of hydrogen-bond acceptors (Lipinski definition) is 4. The lowest BCUT2D eigenvalue weighted by Gasteiger charge is -2.07. The zero-order valence-electron chi connectivity index (χ0n) is 16.5. The number of amides is 1. The standard InChI is InChI=1S/C23H23N3O3/c1-17-8-10-21(12-18(17)2)25-22(27)16-29-23(28)11-9-20-13-24-26(15-20)14-19-6-4-3-5-7-19/h3-13,15H,14,16H2,1-2H3,(H,25,27)/b11-9+. The number of hydrogen-bond donors (Lipinski definition) is 1. The van der Waals surface area contributed by atoms with E-state index in [1.54, 1.807) is 17.0 Å². The smallest absolute Gasteiger partial charge is 0.331 e. The number of aryl methyl sites for hydroxylation is 2. The number of nitrogens with zero attached hydrogens (tertiary/aromatic N) is 2. The molecule has 3 rings (SSSR count). The Balaban J connectivity index is 1.46. The van der Waals surface area contributed by atoms with Gasteiger partial charge in [0.05, 0.1) is 12.7 Å². The first kappa shape index (κ1) is 20.1. The minimum absolute atomic E-state index is 0.344. The maximum atomic E-state index is 11.9. The van der Waals surface area contributed by atoms with Crippen LogP contribution in [0.4, 0.5) is 5.69 Å². The van der Waals surface area contributed by atoms with Gasteiger partial charge in [-0.2, -0.15) is 5.10 Å². The Kier molecular flexibility index (Phi) is 6.58. The molecule has 0 aliphatic carbocycles. The molecule has 29 heavy (non-hydrogen) atoms. The maximum Gasteiger partial charge on any atom is 0.331 e. The van der Waals surface area contributed by atoms with E-state index in [0.29, 0.717) is 12.2 Å². The quantitative estimate of drug-likeness (QED) is 0.493. The van der Waals surface area contributed by atoms with Gasteiger partial charge in [-0.05, 0) is 48.7 Å². The first-order valence-electron chi connectivity index (χ1n) is 9.28. The number of carbonyl (C=O) groups is 2. The highest BCUT2D eigenvalue weighted by molar-refractivity contribution is 5.94. The summed E-state index contributed by atoms with van der Waals surface area (Å²) in [6, 6.07) is 15.6. The number of esters is 1. The van der Waals surface area contributed by atoms with Gasteiger partial charge < -0.3 is 10.1 Å².